The van der Waals surface area contributed by atoms with Crippen molar-refractivity contribution in [2.45, 2.75) is 0 Å². The van der Waals surface area contributed by atoms with Crippen LogP contribution in [0.15, 0.2) is 211 Å². The third kappa shape index (κ3) is 5.09. The maximum Gasteiger partial charge on any atom is 0.166 e. The Bertz CT molecular complexity index is 4140. The number of fused-ring (bicyclic) bond motifs is 13. The van der Waals surface area contributed by atoms with Crippen molar-refractivity contribution in [3.05, 3.63) is 206 Å². The van der Waals surface area contributed by atoms with Crippen LogP contribution in [0.4, 0.5) is 0 Å². The van der Waals surface area contributed by atoms with Gasteiger partial charge in [-0.05, 0) is 102 Å². The van der Waals surface area contributed by atoms with Crippen LogP contribution in [0.2, 0.25) is 0 Å². The fourth-order valence-electron chi connectivity index (χ4n) is 10.3. The Morgan fingerprint density at radius 2 is 0.766 bits per heavy atom. The monoisotopic (exact) mass is 814 g/mol. The minimum absolute atomic E-state index is 0.573. The third-order valence-corrected chi connectivity index (χ3v) is 13.2. The van der Waals surface area contributed by atoms with Gasteiger partial charge in [-0.2, -0.15) is 0 Å². The van der Waals surface area contributed by atoms with Crippen molar-refractivity contribution in [3.63, 3.8) is 0 Å². The first-order chi connectivity index (χ1) is 31.7. The van der Waals surface area contributed by atoms with E-state index in [1.165, 1.54) is 32.3 Å². The first kappa shape index (κ1) is 35.0. The van der Waals surface area contributed by atoms with Crippen molar-refractivity contribution in [1.29, 1.82) is 0 Å². The van der Waals surface area contributed by atoms with Crippen LogP contribution >= 0.6 is 0 Å². The average molecular weight is 815 g/mol. The van der Waals surface area contributed by atoms with Gasteiger partial charge in [0, 0.05) is 32.8 Å². The largest absolute Gasteiger partial charge is 0.456 e. The molecule has 0 N–H and O–H groups in total. The molecule has 0 aliphatic rings. The lowest BCUT2D eigenvalue weighted by molar-refractivity contribution is 0.669. The molecule has 5 heteroatoms. The number of rotatable bonds is 4. The maximum atomic E-state index is 6.67. The van der Waals surface area contributed by atoms with E-state index in [-0.39, 0.29) is 0 Å². The zero-order chi connectivity index (χ0) is 41.9. The van der Waals surface area contributed by atoms with Crippen LogP contribution in [0.25, 0.3) is 137 Å². The molecule has 0 spiro atoms. The third-order valence-electron chi connectivity index (χ3n) is 13.2. The molecule has 0 fully saturated rings. The van der Waals surface area contributed by atoms with Crippen LogP contribution in [-0.4, -0.2) is 19.5 Å². The van der Waals surface area contributed by atoms with Gasteiger partial charge >= 0.3 is 0 Å². The molecule has 0 saturated heterocycles. The Morgan fingerprint density at radius 1 is 0.297 bits per heavy atom. The van der Waals surface area contributed by atoms with Gasteiger partial charge in [0.2, 0.25) is 0 Å². The number of para-hydroxylation sites is 2. The lowest BCUT2D eigenvalue weighted by Gasteiger charge is -2.17. The molecule has 3 heterocycles. The summed E-state index contributed by atoms with van der Waals surface area (Å²) in [5, 5.41) is 15.8. The molecule has 0 atom stereocenters. The topological polar surface area (TPSA) is 56.7 Å². The predicted molar refractivity (Wildman–Crippen MR) is 265 cm³/mol. The van der Waals surface area contributed by atoms with Crippen LogP contribution in [0.5, 0.6) is 0 Å². The summed E-state index contributed by atoms with van der Waals surface area (Å²) in [6, 6.07) is 73.3. The Balaban J connectivity index is 1.16. The number of benzene rings is 11. The lowest BCUT2D eigenvalue weighted by atomic mass is 9.96. The molecule has 296 valence electrons. The predicted octanol–water partition coefficient (Wildman–Crippen LogP) is 15.6. The van der Waals surface area contributed by atoms with Gasteiger partial charge in [-0.25, -0.2) is 15.0 Å². The summed E-state index contributed by atoms with van der Waals surface area (Å²) in [6.45, 7) is 0. The Kier molecular flexibility index (Phi) is 7.33. The molecule has 0 saturated carbocycles. The molecule has 14 rings (SSSR count). The highest BCUT2D eigenvalue weighted by Crippen LogP contribution is 2.45. The highest BCUT2D eigenvalue weighted by Gasteiger charge is 2.25. The SMILES string of the molecule is c1ccc2cc3c(cc2c1)c1ccccc1n3-c1c(-c2nc(-c3cc4ccccc4c4ccccc34)nc(-c3cc4ccccc4c4ccccc34)n2)ccc2oc3ccccc3c12. The second-order valence-corrected chi connectivity index (χ2v) is 16.7. The van der Waals surface area contributed by atoms with Crippen molar-refractivity contribution >= 4 is 97.6 Å². The van der Waals surface area contributed by atoms with E-state index in [0.29, 0.717) is 17.5 Å². The van der Waals surface area contributed by atoms with Gasteiger partial charge in [0.05, 0.1) is 22.1 Å². The molecule has 3 aromatic heterocycles. The standard InChI is InChI=1S/C59H34N4O/c1-2-16-36-34-52-48(31-35(36)15-1)45-25-11-13-27-51(45)63(52)56-47(29-30-54-55(56)46-26-12-14-28-53(46)64-54)57-60-58(49-32-37-17-3-5-19-39(37)41-21-7-9-23-43(41)49)62-59(61-57)50-33-38-18-4-6-20-40(38)42-22-8-10-24-44(42)50/h1-34H. The second kappa shape index (κ2) is 13.4. The zero-order valence-electron chi connectivity index (χ0n) is 34.3. The van der Waals surface area contributed by atoms with Crippen LogP contribution < -0.4 is 0 Å². The molecule has 5 nitrogen and oxygen atoms in total. The van der Waals surface area contributed by atoms with E-state index in [4.69, 9.17) is 19.4 Å². The summed E-state index contributed by atoms with van der Waals surface area (Å²) in [6.07, 6.45) is 0. The molecule has 0 aliphatic heterocycles. The smallest absolute Gasteiger partial charge is 0.166 e. The van der Waals surface area contributed by atoms with Crippen LogP contribution in [0, 0.1) is 0 Å². The van der Waals surface area contributed by atoms with E-state index < -0.39 is 0 Å². The summed E-state index contributed by atoms with van der Waals surface area (Å²) < 4.78 is 9.09. The van der Waals surface area contributed by atoms with Crippen molar-refractivity contribution in [3.8, 4) is 39.9 Å². The van der Waals surface area contributed by atoms with Gasteiger partial charge in [0.1, 0.15) is 11.2 Å². The fourth-order valence-corrected chi connectivity index (χ4v) is 10.3. The number of aromatic nitrogens is 4. The maximum absolute atomic E-state index is 6.67. The van der Waals surface area contributed by atoms with Crippen LogP contribution in [-0.2, 0) is 0 Å². The summed E-state index contributed by atoms with van der Waals surface area (Å²) in [5.74, 6) is 1.79. The minimum atomic E-state index is 0.573. The van der Waals surface area contributed by atoms with E-state index in [1.54, 1.807) is 0 Å². The lowest BCUT2D eigenvalue weighted by Crippen LogP contribution is -2.05. The second-order valence-electron chi connectivity index (χ2n) is 16.7. The van der Waals surface area contributed by atoms with Gasteiger partial charge in [0.15, 0.2) is 17.5 Å². The van der Waals surface area contributed by atoms with Crippen molar-refractivity contribution in [1.82, 2.24) is 19.5 Å². The molecule has 11 aromatic carbocycles. The molecule has 0 radical (unpaired) electrons. The highest BCUT2D eigenvalue weighted by atomic mass is 16.3. The molecule has 64 heavy (non-hydrogen) atoms. The van der Waals surface area contributed by atoms with Gasteiger partial charge in [0.25, 0.3) is 0 Å². The molecule has 14 aromatic rings. The normalized spacial score (nSPS) is 12.1. The van der Waals surface area contributed by atoms with E-state index in [1.807, 2.05) is 12.1 Å². The van der Waals surface area contributed by atoms with Gasteiger partial charge in [-0.3, -0.25) is 0 Å². The summed E-state index contributed by atoms with van der Waals surface area (Å²) in [7, 11) is 0. The Morgan fingerprint density at radius 3 is 1.39 bits per heavy atom. The van der Waals surface area contributed by atoms with Crippen LogP contribution in [0.1, 0.15) is 0 Å². The first-order valence-corrected chi connectivity index (χ1v) is 21.7. The zero-order valence-corrected chi connectivity index (χ0v) is 34.3. The Hall–Kier alpha value is -8.67. The molecular formula is C59H34N4O. The van der Waals surface area contributed by atoms with Crippen LogP contribution in [0.3, 0.4) is 0 Å². The number of nitrogens with zero attached hydrogens (tertiary/aromatic N) is 4. The fraction of sp³-hybridized carbons (Fsp3) is 0. The molecule has 0 aliphatic carbocycles. The van der Waals surface area contributed by atoms with Crippen molar-refractivity contribution in [2.24, 2.45) is 0 Å². The average Bonchev–Trinajstić information content (AvgIpc) is 3.90. The van der Waals surface area contributed by atoms with E-state index in [2.05, 4.69) is 199 Å². The van der Waals surface area contributed by atoms with Gasteiger partial charge in [-0.1, -0.05) is 158 Å². The molecule has 0 unspecified atom stereocenters. The Labute approximate surface area is 366 Å². The van der Waals surface area contributed by atoms with Gasteiger partial charge < -0.3 is 8.98 Å². The minimum Gasteiger partial charge on any atom is -0.456 e. The summed E-state index contributed by atoms with van der Waals surface area (Å²) >= 11 is 0. The van der Waals surface area contributed by atoms with Gasteiger partial charge in [-0.15, -0.1) is 0 Å². The first-order valence-electron chi connectivity index (χ1n) is 21.7. The molecular weight excluding hydrogens is 781 g/mol. The highest BCUT2D eigenvalue weighted by molar-refractivity contribution is 6.19. The van der Waals surface area contributed by atoms with Crippen molar-refractivity contribution in [2.75, 3.05) is 0 Å². The van der Waals surface area contributed by atoms with E-state index in [9.17, 15) is 0 Å². The molecule has 0 bridgehead atoms. The van der Waals surface area contributed by atoms with E-state index >= 15 is 0 Å². The number of hydrogen-bond donors (Lipinski definition) is 0. The molecule has 0 amide bonds. The van der Waals surface area contributed by atoms with E-state index in [0.717, 1.165) is 87.7 Å². The van der Waals surface area contributed by atoms with Crippen molar-refractivity contribution < 1.29 is 4.42 Å². The quantitative estimate of drug-likeness (QED) is 0.166. The summed E-state index contributed by atoms with van der Waals surface area (Å²) in [4.78, 5) is 16.7. The summed E-state index contributed by atoms with van der Waals surface area (Å²) in [5.41, 5.74) is 7.52. The number of hydrogen-bond acceptors (Lipinski definition) is 4. The number of furan rings is 1.